The van der Waals surface area contributed by atoms with Crippen LogP contribution in [0.4, 0.5) is 11.4 Å². The number of amides is 2. The summed E-state index contributed by atoms with van der Waals surface area (Å²) in [7, 11) is 0. The number of hydrogen-bond acceptors (Lipinski definition) is 5. The molecule has 0 bridgehead atoms. The van der Waals surface area contributed by atoms with Gasteiger partial charge in [0.15, 0.2) is 0 Å². The lowest BCUT2D eigenvalue weighted by Crippen LogP contribution is -2.38. The van der Waals surface area contributed by atoms with Crippen LogP contribution in [0.3, 0.4) is 0 Å². The van der Waals surface area contributed by atoms with Crippen molar-refractivity contribution in [3.05, 3.63) is 65.2 Å². The van der Waals surface area contributed by atoms with Gasteiger partial charge in [0.05, 0.1) is 5.69 Å². The number of nitrogens with one attached hydrogen (secondary N) is 1. The molecule has 1 aliphatic rings. The van der Waals surface area contributed by atoms with E-state index < -0.39 is 0 Å². The SMILES string of the molecule is Cc1nc(-c2ccccc2)sc1C(=O)Nc1ccc(N2CCC(C(N)=O)CC2)cc1. The molecule has 2 heterocycles. The molecule has 1 aromatic heterocycles. The second kappa shape index (κ2) is 8.67. The quantitative estimate of drug-likeness (QED) is 0.651. The smallest absolute Gasteiger partial charge is 0.267 e. The predicted octanol–water partition coefficient (Wildman–Crippen LogP) is 4.07. The van der Waals surface area contributed by atoms with Crippen molar-refractivity contribution >= 4 is 34.5 Å². The monoisotopic (exact) mass is 420 g/mol. The molecule has 30 heavy (non-hydrogen) atoms. The van der Waals surface area contributed by atoms with Crippen molar-refractivity contribution in [2.24, 2.45) is 11.7 Å². The molecule has 1 saturated heterocycles. The van der Waals surface area contributed by atoms with Crippen molar-refractivity contribution in [2.75, 3.05) is 23.3 Å². The third kappa shape index (κ3) is 4.36. The van der Waals surface area contributed by atoms with E-state index in [2.05, 4.69) is 15.2 Å². The Balaban J connectivity index is 1.41. The van der Waals surface area contributed by atoms with Crippen molar-refractivity contribution in [1.82, 2.24) is 4.98 Å². The molecule has 2 aromatic carbocycles. The molecule has 0 atom stereocenters. The zero-order chi connectivity index (χ0) is 21.1. The van der Waals surface area contributed by atoms with Crippen LogP contribution >= 0.6 is 11.3 Å². The lowest BCUT2D eigenvalue weighted by atomic mass is 9.96. The van der Waals surface area contributed by atoms with Crippen molar-refractivity contribution in [1.29, 1.82) is 0 Å². The highest BCUT2D eigenvalue weighted by Crippen LogP contribution is 2.29. The molecule has 3 aromatic rings. The number of rotatable bonds is 5. The topological polar surface area (TPSA) is 88.3 Å². The Hall–Kier alpha value is -3.19. The highest BCUT2D eigenvalue weighted by Gasteiger charge is 2.23. The largest absolute Gasteiger partial charge is 0.371 e. The van der Waals surface area contributed by atoms with Crippen LogP contribution in [0.5, 0.6) is 0 Å². The molecule has 0 aliphatic carbocycles. The first kappa shape index (κ1) is 20.1. The highest BCUT2D eigenvalue weighted by atomic mass is 32.1. The summed E-state index contributed by atoms with van der Waals surface area (Å²) in [5.74, 6) is -0.382. The molecule has 6 nitrogen and oxygen atoms in total. The number of nitrogens with zero attached hydrogens (tertiary/aromatic N) is 2. The number of hydrogen-bond donors (Lipinski definition) is 2. The van der Waals surface area contributed by atoms with Gasteiger partial charge in [0.1, 0.15) is 9.88 Å². The van der Waals surface area contributed by atoms with Gasteiger partial charge in [-0.25, -0.2) is 4.98 Å². The fourth-order valence-corrected chi connectivity index (χ4v) is 4.64. The van der Waals surface area contributed by atoms with Crippen molar-refractivity contribution in [2.45, 2.75) is 19.8 Å². The van der Waals surface area contributed by atoms with Crippen LogP contribution in [0.15, 0.2) is 54.6 Å². The highest BCUT2D eigenvalue weighted by molar-refractivity contribution is 7.17. The number of aromatic nitrogens is 1. The summed E-state index contributed by atoms with van der Waals surface area (Å²) in [4.78, 5) is 31.5. The second-order valence-corrected chi connectivity index (χ2v) is 8.46. The first-order chi connectivity index (χ1) is 14.5. The minimum Gasteiger partial charge on any atom is -0.371 e. The molecule has 7 heteroatoms. The zero-order valence-corrected chi connectivity index (χ0v) is 17.6. The maximum Gasteiger partial charge on any atom is 0.267 e. The van der Waals surface area contributed by atoms with Gasteiger partial charge in [-0.3, -0.25) is 9.59 Å². The Labute approximate surface area is 179 Å². The maximum absolute atomic E-state index is 12.8. The molecule has 0 radical (unpaired) electrons. The third-order valence-electron chi connectivity index (χ3n) is 5.41. The molecular weight excluding hydrogens is 396 g/mol. The van der Waals surface area contributed by atoms with E-state index in [1.807, 2.05) is 61.5 Å². The van der Waals surface area contributed by atoms with Crippen LogP contribution in [0.25, 0.3) is 10.6 Å². The predicted molar refractivity (Wildman–Crippen MR) is 121 cm³/mol. The average molecular weight is 421 g/mol. The van der Waals surface area contributed by atoms with Crippen LogP contribution in [-0.4, -0.2) is 29.9 Å². The van der Waals surface area contributed by atoms with Crippen molar-refractivity contribution in [3.8, 4) is 10.6 Å². The van der Waals surface area contributed by atoms with Gasteiger partial charge in [0.2, 0.25) is 5.91 Å². The van der Waals surface area contributed by atoms with Crippen molar-refractivity contribution < 1.29 is 9.59 Å². The summed E-state index contributed by atoms with van der Waals surface area (Å²) >= 11 is 1.40. The summed E-state index contributed by atoms with van der Waals surface area (Å²) in [6.45, 7) is 3.47. The van der Waals surface area contributed by atoms with E-state index in [9.17, 15) is 9.59 Å². The molecule has 3 N–H and O–H groups in total. The summed E-state index contributed by atoms with van der Waals surface area (Å²) in [6, 6.07) is 17.7. The van der Waals surface area contributed by atoms with Gasteiger partial charge in [-0.15, -0.1) is 11.3 Å². The number of carbonyl (C=O) groups excluding carboxylic acids is 2. The number of nitrogens with two attached hydrogens (primary N) is 1. The first-order valence-corrected chi connectivity index (χ1v) is 10.8. The molecule has 154 valence electrons. The Kier molecular flexibility index (Phi) is 5.81. The fourth-order valence-electron chi connectivity index (χ4n) is 3.68. The van der Waals surface area contributed by atoms with Crippen LogP contribution in [-0.2, 0) is 4.79 Å². The maximum atomic E-state index is 12.8. The van der Waals surface area contributed by atoms with E-state index >= 15 is 0 Å². The van der Waals surface area contributed by atoms with E-state index in [1.54, 1.807) is 0 Å². The number of primary amides is 1. The number of anilines is 2. The van der Waals surface area contributed by atoms with Crippen LogP contribution < -0.4 is 16.0 Å². The Morgan fingerprint density at radius 3 is 2.37 bits per heavy atom. The minimum atomic E-state index is -0.207. The minimum absolute atomic E-state index is 0.0248. The van der Waals surface area contributed by atoms with Gasteiger partial charge >= 0.3 is 0 Å². The lowest BCUT2D eigenvalue weighted by Gasteiger charge is -2.32. The zero-order valence-electron chi connectivity index (χ0n) is 16.8. The molecule has 1 aliphatic heterocycles. The number of carbonyl (C=O) groups is 2. The van der Waals surface area contributed by atoms with E-state index in [1.165, 1.54) is 11.3 Å². The van der Waals surface area contributed by atoms with Gasteiger partial charge in [-0.1, -0.05) is 30.3 Å². The molecule has 4 rings (SSSR count). The van der Waals surface area contributed by atoms with Gasteiger partial charge in [0.25, 0.3) is 5.91 Å². The van der Waals surface area contributed by atoms with E-state index in [0.29, 0.717) is 4.88 Å². The van der Waals surface area contributed by atoms with Crippen LogP contribution in [0, 0.1) is 12.8 Å². The molecule has 2 amide bonds. The number of benzene rings is 2. The Morgan fingerprint density at radius 2 is 1.73 bits per heavy atom. The summed E-state index contributed by atoms with van der Waals surface area (Å²) in [5, 5.41) is 3.81. The Morgan fingerprint density at radius 1 is 1.07 bits per heavy atom. The van der Waals surface area contributed by atoms with Crippen LogP contribution in [0.2, 0.25) is 0 Å². The molecule has 0 saturated carbocycles. The third-order valence-corrected chi connectivity index (χ3v) is 6.62. The standard InChI is InChI=1S/C23H24N4O2S/c1-15-20(30-23(25-15)17-5-3-2-4-6-17)22(29)26-18-7-9-19(10-8-18)27-13-11-16(12-14-27)21(24)28/h2-10,16H,11-14H2,1H3,(H2,24,28)(H,26,29). The molecule has 1 fully saturated rings. The van der Waals surface area contributed by atoms with Crippen molar-refractivity contribution in [3.63, 3.8) is 0 Å². The summed E-state index contributed by atoms with van der Waals surface area (Å²) in [6.07, 6.45) is 1.56. The normalized spacial score (nSPS) is 14.5. The van der Waals surface area contributed by atoms with Crippen LogP contribution in [0.1, 0.15) is 28.2 Å². The number of aryl methyl sites for hydroxylation is 1. The van der Waals surface area contributed by atoms with Gasteiger partial charge in [-0.05, 0) is 44.0 Å². The summed E-state index contributed by atoms with van der Waals surface area (Å²) < 4.78 is 0. The van der Waals surface area contributed by atoms with E-state index in [-0.39, 0.29) is 17.7 Å². The second-order valence-electron chi connectivity index (χ2n) is 7.46. The Bertz CT molecular complexity index is 1040. The van der Waals surface area contributed by atoms with E-state index in [0.717, 1.165) is 53.6 Å². The van der Waals surface area contributed by atoms with Gasteiger partial charge in [0, 0.05) is 35.9 Å². The molecule has 0 unspecified atom stereocenters. The van der Waals surface area contributed by atoms with Gasteiger partial charge < -0.3 is 16.0 Å². The molecular formula is C23H24N4O2S. The number of thiazole rings is 1. The fraction of sp³-hybridized carbons (Fsp3) is 0.261. The first-order valence-electron chi connectivity index (χ1n) is 10.00. The number of piperidine rings is 1. The summed E-state index contributed by atoms with van der Waals surface area (Å²) in [5.41, 5.74) is 8.97. The van der Waals surface area contributed by atoms with E-state index in [4.69, 9.17) is 5.73 Å². The van der Waals surface area contributed by atoms with Gasteiger partial charge in [-0.2, -0.15) is 0 Å². The lowest BCUT2D eigenvalue weighted by molar-refractivity contribution is -0.122. The average Bonchev–Trinajstić information content (AvgIpc) is 3.17. The molecule has 0 spiro atoms.